The number of methoxy groups -OCH3 is 2. The summed E-state index contributed by atoms with van der Waals surface area (Å²) in [4.78, 5) is 44.4. The van der Waals surface area contributed by atoms with Crippen LogP contribution in [0.25, 0.3) is 6.08 Å². The zero-order valence-electron chi connectivity index (χ0n) is 25.5. The number of aromatic nitrogens is 1. The molecule has 0 N–H and O–H groups in total. The van der Waals surface area contributed by atoms with E-state index in [9.17, 15) is 14.4 Å². The van der Waals surface area contributed by atoms with Crippen LogP contribution in [0.15, 0.2) is 49.8 Å². The standard InChI is InChI=1S/C31H32BrIN2O9S/c1-7-41-22-14-19(32)18(13-21(22)39-5)27-26(30(38)43-9-3)16(4)34-31-35(27)29(37)24(45-31)12-17-10-20(33)28(23(11-17)40-6)44-15-25(36)42-8-2/h10-14,27H,7-9,15H2,1-6H3/b24-12+/t27-/m0/s1. The van der Waals surface area contributed by atoms with Crippen LogP contribution >= 0.6 is 49.9 Å². The Hall–Kier alpha value is -3.37. The molecule has 2 aromatic carbocycles. The van der Waals surface area contributed by atoms with E-state index in [2.05, 4.69) is 43.5 Å². The van der Waals surface area contributed by atoms with E-state index in [1.807, 2.05) is 13.0 Å². The smallest absolute Gasteiger partial charge is 0.344 e. The van der Waals surface area contributed by atoms with Crippen molar-refractivity contribution in [3.05, 3.63) is 74.4 Å². The van der Waals surface area contributed by atoms with Crippen molar-refractivity contribution in [1.82, 2.24) is 4.57 Å². The molecule has 2 heterocycles. The van der Waals surface area contributed by atoms with Gasteiger partial charge in [0.05, 0.1) is 59.5 Å². The molecular weight excluding hydrogens is 783 g/mol. The highest BCUT2D eigenvalue weighted by Crippen LogP contribution is 2.41. The minimum Gasteiger partial charge on any atom is -0.493 e. The lowest BCUT2D eigenvalue weighted by Gasteiger charge is -2.26. The van der Waals surface area contributed by atoms with Crippen LogP contribution in [0.2, 0.25) is 0 Å². The lowest BCUT2D eigenvalue weighted by Crippen LogP contribution is -2.40. The monoisotopic (exact) mass is 814 g/mol. The number of carbonyl (C=O) groups is 2. The van der Waals surface area contributed by atoms with Gasteiger partial charge in [-0.25, -0.2) is 14.6 Å². The maximum Gasteiger partial charge on any atom is 0.344 e. The van der Waals surface area contributed by atoms with Crippen LogP contribution in [-0.2, 0) is 19.1 Å². The topological polar surface area (TPSA) is 124 Å². The molecule has 14 heteroatoms. The number of fused-ring (bicyclic) bond motifs is 1. The van der Waals surface area contributed by atoms with Crippen LogP contribution in [0.5, 0.6) is 23.0 Å². The number of hydrogen-bond donors (Lipinski definition) is 0. The molecule has 1 aliphatic rings. The highest BCUT2D eigenvalue weighted by atomic mass is 127. The largest absolute Gasteiger partial charge is 0.493 e. The number of thiazole rings is 1. The van der Waals surface area contributed by atoms with Crippen LogP contribution in [-0.4, -0.2) is 57.2 Å². The Balaban J connectivity index is 1.89. The Bertz CT molecular complexity index is 1830. The van der Waals surface area contributed by atoms with Gasteiger partial charge in [0.2, 0.25) is 0 Å². The molecule has 4 rings (SSSR count). The second-order valence-electron chi connectivity index (χ2n) is 9.39. The minimum atomic E-state index is -0.866. The summed E-state index contributed by atoms with van der Waals surface area (Å²) < 4.78 is 36.1. The van der Waals surface area contributed by atoms with E-state index in [0.29, 0.717) is 63.8 Å². The molecular formula is C31H32BrIN2O9S. The molecule has 0 spiro atoms. The third-order valence-corrected chi connectivity index (χ3v) is 9.05. The normalized spacial score (nSPS) is 14.4. The van der Waals surface area contributed by atoms with Gasteiger partial charge in [-0.3, -0.25) is 9.36 Å². The number of nitrogens with zero attached hydrogens (tertiary/aromatic N) is 2. The quantitative estimate of drug-likeness (QED) is 0.192. The first-order valence-corrected chi connectivity index (χ1v) is 16.6. The number of benzene rings is 2. The molecule has 240 valence electrons. The first-order chi connectivity index (χ1) is 21.6. The molecule has 0 aliphatic carbocycles. The van der Waals surface area contributed by atoms with Crippen LogP contribution in [0.3, 0.4) is 0 Å². The highest BCUT2D eigenvalue weighted by Gasteiger charge is 2.35. The first kappa shape index (κ1) is 34.5. The van der Waals surface area contributed by atoms with E-state index in [1.54, 1.807) is 45.0 Å². The molecule has 1 atom stereocenters. The summed E-state index contributed by atoms with van der Waals surface area (Å²) in [6.45, 7) is 7.58. The maximum absolute atomic E-state index is 14.1. The molecule has 0 saturated heterocycles. The predicted molar refractivity (Wildman–Crippen MR) is 180 cm³/mol. The van der Waals surface area contributed by atoms with Crippen LogP contribution < -0.4 is 33.8 Å². The molecule has 3 aromatic rings. The first-order valence-electron chi connectivity index (χ1n) is 13.9. The SMILES string of the molecule is CCOC(=O)COc1c(I)cc(/C=c2/sc3n(c2=O)[C@@H](c2cc(OC)c(OCC)cc2Br)C(C(=O)OCC)=C(C)N=3)cc1OC. The average Bonchev–Trinajstić information content (AvgIpc) is 3.30. The van der Waals surface area contributed by atoms with Crippen molar-refractivity contribution in [3.8, 4) is 23.0 Å². The number of carbonyl (C=O) groups excluding carboxylic acids is 2. The molecule has 1 aliphatic heterocycles. The zero-order chi connectivity index (χ0) is 32.8. The van der Waals surface area contributed by atoms with Gasteiger partial charge in [-0.15, -0.1) is 0 Å². The third-order valence-electron chi connectivity index (χ3n) is 6.58. The van der Waals surface area contributed by atoms with Gasteiger partial charge in [0.25, 0.3) is 5.56 Å². The zero-order valence-corrected chi connectivity index (χ0v) is 30.1. The van der Waals surface area contributed by atoms with Crippen molar-refractivity contribution < 1.29 is 38.0 Å². The summed E-state index contributed by atoms with van der Waals surface area (Å²) in [5, 5.41) is 0. The molecule has 0 saturated carbocycles. The third kappa shape index (κ3) is 7.38. The average molecular weight is 815 g/mol. The van der Waals surface area contributed by atoms with Gasteiger partial charge in [-0.05, 0) is 91.8 Å². The molecule has 11 nitrogen and oxygen atoms in total. The molecule has 1 aromatic heterocycles. The maximum atomic E-state index is 14.1. The summed E-state index contributed by atoms with van der Waals surface area (Å²) in [5.74, 6) is 0.657. The Morgan fingerprint density at radius 1 is 1.00 bits per heavy atom. The fourth-order valence-electron chi connectivity index (χ4n) is 4.72. The Kier molecular flexibility index (Phi) is 11.7. The second kappa shape index (κ2) is 15.3. The van der Waals surface area contributed by atoms with Crippen molar-refractivity contribution in [2.75, 3.05) is 40.6 Å². The molecule has 0 fully saturated rings. The number of rotatable bonds is 12. The summed E-state index contributed by atoms with van der Waals surface area (Å²) in [6.07, 6.45) is 1.72. The molecule has 0 amide bonds. The highest BCUT2D eigenvalue weighted by molar-refractivity contribution is 14.1. The van der Waals surface area contributed by atoms with Gasteiger partial charge in [-0.2, -0.15) is 0 Å². The van der Waals surface area contributed by atoms with E-state index >= 15 is 0 Å². The number of halogens is 2. The fraction of sp³-hybridized carbons (Fsp3) is 0.355. The predicted octanol–water partition coefficient (Wildman–Crippen LogP) is 4.52. The number of allylic oxidation sites excluding steroid dienone is 1. The van der Waals surface area contributed by atoms with E-state index in [4.69, 9.17) is 28.4 Å². The van der Waals surface area contributed by atoms with Crippen LogP contribution in [0.4, 0.5) is 0 Å². The Morgan fingerprint density at radius 3 is 2.36 bits per heavy atom. The van der Waals surface area contributed by atoms with E-state index in [1.165, 1.54) is 30.1 Å². The molecule has 0 radical (unpaired) electrons. The van der Waals surface area contributed by atoms with E-state index in [-0.39, 0.29) is 31.0 Å². The number of hydrogen-bond acceptors (Lipinski definition) is 11. The molecule has 0 bridgehead atoms. The van der Waals surface area contributed by atoms with Gasteiger partial charge in [0.15, 0.2) is 34.4 Å². The summed E-state index contributed by atoms with van der Waals surface area (Å²) in [5.41, 5.74) is 1.58. The number of ether oxygens (including phenoxy) is 6. The van der Waals surface area contributed by atoms with Gasteiger partial charge >= 0.3 is 11.9 Å². The van der Waals surface area contributed by atoms with E-state index in [0.717, 1.165) is 0 Å². The van der Waals surface area contributed by atoms with Crippen LogP contribution in [0.1, 0.15) is 44.9 Å². The van der Waals surface area contributed by atoms with Crippen molar-refractivity contribution in [2.45, 2.75) is 33.7 Å². The van der Waals surface area contributed by atoms with Crippen molar-refractivity contribution in [3.63, 3.8) is 0 Å². The van der Waals surface area contributed by atoms with Gasteiger partial charge < -0.3 is 28.4 Å². The summed E-state index contributed by atoms with van der Waals surface area (Å²) >= 11 is 6.90. The Morgan fingerprint density at radius 2 is 1.71 bits per heavy atom. The van der Waals surface area contributed by atoms with Crippen LogP contribution in [0, 0.1) is 3.57 Å². The number of esters is 2. The fourth-order valence-corrected chi connectivity index (χ4v) is 7.09. The van der Waals surface area contributed by atoms with Gasteiger partial charge in [0, 0.05) is 4.47 Å². The van der Waals surface area contributed by atoms with Crippen molar-refractivity contribution in [2.24, 2.45) is 4.99 Å². The van der Waals surface area contributed by atoms with Gasteiger partial charge in [0.1, 0.15) is 0 Å². The van der Waals surface area contributed by atoms with Crippen molar-refractivity contribution in [1.29, 1.82) is 0 Å². The van der Waals surface area contributed by atoms with E-state index < -0.39 is 18.0 Å². The minimum absolute atomic E-state index is 0.153. The lowest BCUT2D eigenvalue weighted by molar-refractivity contribution is -0.145. The second-order valence-corrected chi connectivity index (χ2v) is 12.4. The lowest BCUT2D eigenvalue weighted by atomic mass is 9.95. The molecule has 45 heavy (non-hydrogen) atoms. The Labute approximate surface area is 285 Å². The van der Waals surface area contributed by atoms with Crippen molar-refractivity contribution >= 4 is 67.9 Å². The summed E-state index contributed by atoms with van der Waals surface area (Å²) in [6, 6.07) is 6.15. The summed E-state index contributed by atoms with van der Waals surface area (Å²) in [7, 11) is 3.01. The molecule has 0 unspecified atom stereocenters. The van der Waals surface area contributed by atoms with Gasteiger partial charge in [-0.1, -0.05) is 27.3 Å².